The van der Waals surface area contributed by atoms with Crippen LogP contribution in [0.4, 0.5) is 0 Å². The average molecular weight is 199 g/mol. The normalized spacial score (nSPS) is 10.3. The molecule has 1 aromatic carbocycles. The van der Waals surface area contributed by atoms with Gasteiger partial charge in [-0.1, -0.05) is 29.8 Å². The number of aromatic nitrogens is 1. The van der Waals surface area contributed by atoms with Crippen molar-refractivity contribution in [3.8, 4) is 11.1 Å². The van der Waals surface area contributed by atoms with Gasteiger partial charge in [-0.05, 0) is 18.6 Å². The van der Waals surface area contributed by atoms with Gasteiger partial charge < -0.3 is 4.57 Å². The first-order valence-corrected chi connectivity index (χ1v) is 4.90. The van der Waals surface area contributed by atoms with Crippen LogP contribution in [0.1, 0.15) is 16.1 Å². The fourth-order valence-electron chi connectivity index (χ4n) is 1.75. The zero-order valence-corrected chi connectivity index (χ0v) is 8.90. The Kier molecular flexibility index (Phi) is 2.42. The van der Waals surface area contributed by atoms with E-state index in [2.05, 4.69) is 6.07 Å². The molecule has 0 bridgehead atoms. The highest BCUT2D eigenvalue weighted by Gasteiger charge is 2.07. The van der Waals surface area contributed by atoms with Crippen molar-refractivity contribution in [2.24, 2.45) is 7.05 Å². The van der Waals surface area contributed by atoms with Crippen LogP contribution in [0.25, 0.3) is 11.1 Å². The summed E-state index contributed by atoms with van der Waals surface area (Å²) >= 11 is 0. The molecule has 1 aromatic heterocycles. The summed E-state index contributed by atoms with van der Waals surface area (Å²) in [7, 11) is 1.88. The zero-order valence-electron chi connectivity index (χ0n) is 8.90. The molecule has 0 spiro atoms. The standard InChI is InChI=1S/C13H13NO/c1-10-4-3-5-11(8-10)12-6-7-14(2)13(12)9-15/h3-9H,1-2H3. The number of nitrogens with zero attached hydrogens (tertiary/aromatic N) is 1. The Bertz CT molecular complexity index is 497. The van der Waals surface area contributed by atoms with E-state index in [-0.39, 0.29) is 0 Å². The Morgan fingerprint density at radius 3 is 2.73 bits per heavy atom. The molecular weight excluding hydrogens is 186 g/mol. The topological polar surface area (TPSA) is 22.0 Å². The van der Waals surface area contributed by atoms with Crippen molar-refractivity contribution in [2.75, 3.05) is 0 Å². The predicted octanol–water partition coefficient (Wildman–Crippen LogP) is 2.81. The molecule has 0 saturated carbocycles. The van der Waals surface area contributed by atoms with Crippen LogP contribution in [0.5, 0.6) is 0 Å². The molecule has 0 aliphatic carbocycles. The van der Waals surface area contributed by atoms with Crippen molar-refractivity contribution in [3.63, 3.8) is 0 Å². The minimum Gasteiger partial charge on any atom is -0.348 e. The van der Waals surface area contributed by atoms with Crippen LogP contribution in [0.15, 0.2) is 36.5 Å². The molecule has 0 amide bonds. The van der Waals surface area contributed by atoms with Gasteiger partial charge in [0.25, 0.3) is 0 Å². The number of hydrogen-bond donors (Lipinski definition) is 0. The molecule has 0 saturated heterocycles. The van der Waals surface area contributed by atoms with Gasteiger partial charge in [-0.25, -0.2) is 0 Å². The number of carbonyl (C=O) groups excluding carboxylic acids is 1. The summed E-state index contributed by atoms with van der Waals surface area (Å²) in [6, 6.07) is 10.1. The number of hydrogen-bond acceptors (Lipinski definition) is 1. The molecule has 1 heterocycles. The Morgan fingerprint density at radius 1 is 1.27 bits per heavy atom. The molecule has 0 unspecified atom stereocenters. The molecule has 2 heteroatoms. The molecule has 0 N–H and O–H groups in total. The average Bonchev–Trinajstić information content (AvgIpc) is 2.59. The first-order chi connectivity index (χ1) is 7.22. The highest BCUT2D eigenvalue weighted by atomic mass is 16.1. The van der Waals surface area contributed by atoms with E-state index in [0.29, 0.717) is 0 Å². The number of carbonyl (C=O) groups is 1. The fraction of sp³-hybridized carbons (Fsp3) is 0.154. The lowest BCUT2D eigenvalue weighted by Crippen LogP contribution is -1.94. The number of aryl methyl sites for hydroxylation is 2. The minimum absolute atomic E-state index is 0.723. The molecule has 0 radical (unpaired) electrons. The van der Waals surface area contributed by atoms with E-state index in [9.17, 15) is 4.79 Å². The molecule has 0 aliphatic heterocycles. The monoisotopic (exact) mass is 199 g/mol. The third-order valence-electron chi connectivity index (χ3n) is 2.56. The second-order valence-electron chi connectivity index (χ2n) is 3.71. The lowest BCUT2D eigenvalue weighted by Gasteiger charge is -2.02. The molecule has 0 aliphatic rings. The maximum Gasteiger partial charge on any atom is 0.167 e. The Labute approximate surface area is 89.2 Å². The van der Waals surface area contributed by atoms with Crippen LogP contribution < -0.4 is 0 Å². The summed E-state index contributed by atoms with van der Waals surface area (Å²) in [6.45, 7) is 2.05. The van der Waals surface area contributed by atoms with E-state index >= 15 is 0 Å². The van der Waals surface area contributed by atoms with Gasteiger partial charge in [0.15, 0.2) is 6.29 Å². The summed E-state index contributed by atoms with van der Waals surface area (Å²) in [6.07, 6.45) is 2.80. The number of rotatable bonds is 2. The quantitative estimate of drug-likeness (QED) is 0.682. The molecule has 76 valence electrons. The first-order valence-electron chi connectivity index (χ1n) is 4.90. The second kappa shape index (κ2) is 3.73. The molecule has 2 aromatic rings. The zero-order chi connectivity index (χ0) is 10.8. The summed E-state index contributed by atoms with van der Waals surface area (Å²) < 4.78 is 1.84. The van der Waals surface area contributed by atoms with Crippen LogP contribution in [0.2, 0.25) is 0 Å². The van der Waals surface area contributed by atoms with Crippen LogP contribution in [0.3, 0.4) is 0 Å². The summed E-state index contributed by atoms with van der Waals surface area (Å²) in [5.41, 5.74) is 4.02. The van der Waals surface area contributed by atoms with Crippen LogP contribution in [-0.2, 0) is 7.05 Å². The van der Waals surface area contributed by atoms with Gasteiger partial charge in [0, 0.05) is 18.8 Å². The molecule has 15 heavy (non-hydrogen) atoms. The second-order valence-corrected chi connectivity index (χ2v) is 3.71. The van der Waals surface area contributed by atoms with Gasteiger partial charge >= 0.3 is 0 Å². The van der Waals surface area contributed by atoms with E-state index in [1.165, 1.54) is 5.56 Å². The third-order valence-corrected chi connectivity index (χ3v) is 2.56. The lowest BCUT2D eigenvalue weighted by atomic mass is 10.0. The molecule has 0 atom stereocenters. The van der Waals surface area contributed by atoms with Gasteiger partial charge in [0.2, 0.25) is 0 Å². The van der Waals surface area contributed by atoms with Crippen molar-refractivity contribution in [3.05, 3.63) is 47.8 Å². The van der Waals surface area contributed by atoms with Crippen molar-refractivity contribution in [1.29, 1.82) is 0 Å². The van der Waals surface area contributed by atoms with Crippen molar-refractivity contribution < 1.29 is 4.79 Å². The first kappa shape index (κ1) is 9.71. The van der Waals surface area contributed by atoms with E-state index in [1.807, 2.05) is 49.0 Å². The fourth-order valence-corrected chi connectivity index (χ4v) is 1.75. The van der Waals surface area contributed by atoms with E-state index in [0.717, 1.165) is 23.1 Å². The van der Waals surface area contributed by atoms with Gasteiger partial charge in [0.05, 0.1) is 5.69 Å². The smallest absolute Gasteiger partial charge is 0.167 e. The van der Waals surface area contributed by atoms with E-state index in [4.69, 9.17) is 0 Å². The minimum atomic E-state index is 0.723. The van der Waals surface area contributed by atoms with Crippen LogP contribution >= 0.6 is 0 Å². The SMILES string of the molecule is Cc1cccc(-c2ccn(C)c2C=O)c1. The van der Waals surface area contributed by atoms with E-state index < -0.39 is 0 Å². The Hall–Kier alpha value is -1.83. The Morgan fingerprint density at radius 2 is 2.07 bits per heavy atom. The molecule has 2 nitrogen and oxygen atoms in total. The van der Waals surface area contributed by atoms with Gasteiger partial charge in [-0.3, -0.25) is 4.79 Å². The van der Waals surface area contributed by atoms with E-state index in [1.54, 1.807) is 0 Å². The summed E-state index contributed by atoms with van der Waals surface area (Å²) in [5.74, 6) is 0. The van der Waals surface area contributed by atoms with Crippen LogP contribution in [-0.4, -0.2) is 10.9 Å². The maximum absolute atomic E-state index is 10.9. The lowest BCUT2D eigenvalue weighted by molar-refractivity contribution is 0.111. The van der Waals surface area contributed by atoms with Crippen molar-refractivity contribution >= 4 is 6.29 Å². The highest BCUT2D eigenvalue weighted by Crippen LogP contribution is 2.23. The highest BCUT2D eigenvalue weighted by molar-refractivity contribution is 5.86. The third kappa shape index (κ3) is 1.71. The molecule has 2 rings (SSSR count). The number of benzene rings is 1. The summed E-state index contributed by atoms with van der Waals surface area (Å²) in [4.78, 5) is 10.9. The van der Waals surface area contributed by atoms with Gasteiger partial charge in [-0.2, -0.15) is 0 Å². The largest absolute Gasteiger partial charge is 0.348 e. The van der Waals surface area contributed by atoms with Crippen molar-refractivity contribution in [2.45, 2.75) is 6.92 Å². The molecule has 0 fully saturated rings. The van der Waals surface area contributed by atoms with Gasteiger partial charge in [-0.15, -0.1) is 0 Å². The van der Waals surface area contributed by atoms with Gasteiger partial charge in [0.1, 0.15) is 0 Å². The van der Waals surface area contributed by atoms with Crippen LogP contribution in [0, 0.1) is 6.92 Å². The maximum atomic E-state index is 10.9. The summed E-state index contributed by atoms with van der Waals surface area (Å²) in [5, 5.41) is 0. The predicted molar refractivity (Wildman–Crippen MR) is 61.0 cm³/mol. The number of aldehydes is 1. The Balaban J connectivity index is 2.58. The van der Waals surface area contributed by atoms with Crippen molar-refractivity contribution in [1.82, 2.24) is 4.57 Å². The molecular formula is C13H13NO.